The van der Waals surface area contributed by atoms with Crippen molar-refractivity contribution in [2.45, 2.75) is 26.7 Å². The minimum Gasteiger partial charge on any atom is -0.150 e. The van der Waals surface area contributed by atoms with E-state index >= 15 is 0 Å². The summed E-state index contributed by atoms with van der Waals surface area (Å²) in [5.74, 6) is 0. The average Bonchev–Trinajstić information content (AvgIpc) is 2.58. The molecule has 0 bridgehead atoms. The normalized spacial score (nSPS) is 11.4. The molecule has 2 heterocycles. The number of rotatable bonds is 2. The monoisotopic (exact) mass is 286 g/mol. The second-order valence-electron chi connectivity index (χ2n) is 3.36. The highest BCUT2D eigenvalue weighted by molar-refractivity contribution is 9.11. The molecule has 0 unspecified atom stereocenters. The van der Waals surface area contributed by atoms with Crippen LogP contribution in [0.15, 0.2) is 3.79 Å². The molecule has 0 aliphatic carbocycles. The van der Waals surface area contributed by atoms with Crippen LogP contribution in [0.4, 0.5) is 0 Å². The predicted octanol–water partition coefficient (Wildman–Crippen LogP) is 3.11. The number of hydrogen-bond acceptors (Lipinski definition) is 2. The fraction of sp³-hybridized carbons (Fsp3) is 0.400. The molecular formula is C10H12BBrS2. The smallest absolute Gasteiger partial charge is 0.150 e. The van der Waals surface area contributed by atoms with Crippen molar-refractivity contribution in [2.24, 2.45) is 0 Å². The lowest BCUT2D eigenvalue weighted by Crippen LogP contribution is -2.00. The maximum absolute atomic E-state index is 3.66. The van der Waals surface area contributed by atoms with E-state index < -0.39 is 0 Å². The Kier molecular flexibility index (Phi) is 3.05. The van der Waals surface area contributed by atoms with E-state index in [0.29, 0.717) is 0 Å². The summed E-state index contributed by atoms with van der Waals surface area (Å²) in [5.41, 5.74) is 3.05. The fourth-order valence-electron chi connectivity index (χ4n) is 1.81. The third-order valence-electron chi connectivity index (χ3n) is 2.57. The van der Waals surface area contributed by atoms with Gasteiger partial charge >= 0.3 is 0 Å². The van der Waals surface area contributed by atoms with Gasteiger partial charge in [0.1, 0.15) is 0 Å². The first-order valence-electron chi connectivity index (χ1n) is 4.88. The standard InChI is InChI=1S/C10H12BBrS2/c1-3-5-7-8(13-9(5)11)6(4-2)10(12)14-7/h3-4,11H2,1-2H3. The van der Waals surface area contributed by atoms with Gasteiger partial charge in [-0.25, -0.2) is 0 Å². The highest BCUT2D eigenvalue weighted by Gasteiger charge is 2.15. The topological polar surface area (TPSA) is 0 Å². The molecule has 0 saturated carbocycles. The second kappa shape index (κ2) is 3.99. The van der Waals surface area contributed by atoms with Gasteiger partial charge < -0.3 is 0 Å². The Bertz CT molecular complexity index is 426. The maximum Gasteiger partial charge on any atom is 0.153 e. The van der Waals surface area contributed by atoms with E-state index in [0.717, 1.165) is 12.8 Å². The van der Waals surface area contributed by atoms with Gasteiger partial charge in [0.15, 0.2) is 7.85 Å². The van der Waals surface area contributed by atoms with Crippen molar-refractivity contribution in [2.75, 3.05) is 0 Å². The largest absolute Gasteiger partial charge is 0.153 e. The molecule has 2 rings (SSSR count). The molecule has 0 spiro atoms. The lowest BCUT2D eigenvalue weighted by molar-refractivity contribution is 1.16. The van der Waals surface area contributed by atoms with Gasteiger partial charge in [-0.3, -0.25) is 0 Å². The van der Waals surface area contributed by atoms with Crippen LogP contribution in [0.5, 0.6) is 0 Å². The zero-order valence-corrected chi connectivity index (χ0v) is 11.8. The highest BCUT2D eigenvalue weighted by atomic mass is 79.9. The van der Waals surface area contributed by atoms with Crippen molar-refractivity contribution in [1.29, 1.82) is 0 Å². The van der Waals surface area contributed by atoms with Crippen LogP contribution in [-0.2, 0) is 12.8 Å². The third kappa shape index (κ3) is 1.48. The molecule has 0 fully saturated rings. The Morgan fingerprint density at radius 2 is 1.64 bits per heavy atom. The third-order valence-corrected chi connectivity index (χ3v) is 5.95. The molecule has 0 aromatic carbocycles. The Balaban J connectivity index is 2.78. The molecule has 0 radical (unpaired) electrons. The summed E-state index contributed by atoms with van der Waals surface area (Å²) >= 11 is 7.52. The first-order valence-corrected chi connectivity index (χ1v) is 7.30. The van der Waals surface area contributed by atoms with Gasteiger partial charge in [-0.1, -0.05) is 13.8 Å². The van der Waals surface area contributed by atoms with Crippen LogP contribution in [0.2, 0.25) is 0 Å². The average molecular weight is 287 g/mol. The molecular weight excluding hydrogens is 275 g/mol. The van der Waals surface area contributed by atoms with Crippen molar-refractivity contribution in [1.82, 2.24) is 0 Å². The molecule has 14 heavy (non-hydrogen) atoms. The quantitative estimate of drug-likeness (QED) is 0.744. The predicted molar refractivity (Wildman–Crippen MR) is 74.3 cm³/mol. The number of aryl methyl sites for hydroxylation is 2. The van der Waals surface area contributed by atoms with Crippen LogP contribution in [0, 0.1) is 0 Å². The molecule has 0 aliphatic heterocycles. The minimum atomic E-state index is 1.13. The van der Waals surface area contributed by atoms with E-state index in [1.165, 1.54) is 23.5 Å². The van der Waals surface area contributed by atoms with Crippen LogP contribution in [-0.4, -0.2) is 7.85 Å². The SMILES string of the molecule is Bc1sc2c(CC)c(Br)sc2c1CC. The van der Waals surface area contributed by atoms with Gasteiger partial charge in [0.25, 0.3) is 0 Å². The summed E-state index contributed by atoms with van der Waals surface area (Å²) < 4.78 is 5.85. The second-order valence-corrected chi connectivity index (χ2v) is 6.92. The Labute approximate surface area is 102 Å². The highest BCUT2D eigenvalue weighted by Crippen LogP contribution is 2.40. The molecule has 4 heteroatoms. The number of hydrogen-bond donors (Lipinski definition) is 0. The molecule has 0 N–H and O–H groups in total. The minimum absolute atomic E-state index is 1.13. The van der Waals surface area contributed by atoms with Gasteiger partial charge in [-0.05, 0) is 44.7 Å². The summed E-state index contributed by atoms with van der Waals surface area (Å²) in [6.07, 6.45) is 2.28. The number of fused-ring (bicyclic) bond motifs is 1. The zero-order valence-electron chi connectivity index (χ0n) is 8.61. The van der Waals surface area contributed by atoms with Crippen LogP contribution in [0.25, 0.3) is 9.40 Å². The summed E-state index contributed by atoms with van der Waals surface area (Å²) in [6.45, 7) is 4.47. The Morgan fingerprint density at radius 3 is 2.21 bits per heavy atom. The van der Waals surface area contributed by atoms with Crippen LogP contribution < -0.4 is 4.78 Å². The zero-order chi connectivity index (χ0) is 10.3. The van der Waals surface area contributed by atoms with E-state index in [1.807, 2.05) is 22.7 Å². The summed E-state index contributed by atoms with van der Waals surface area (Å²) in [7, 11) is 2.24. The number of thiophene rings is 2. The van der Waals surface area contributed by atoms with Crippen molar-refractivity contribution in [3.63, 3.8) is 0 Å². The van der Waals surface area contributed by atoms with Gasteiger partial charge in [0, 0.05) is 9.40 Å². The Hall–Kier alpha value is 0.205. The van der Waals surface area contributed by atoms with E-state index in [2.05, 4.69) is 37.6 Å². The molecule has 0 atom stereocenters. The van der Waals surface area contributed by atoms with Gasteiger partial charge in [0.2, 0.25) is 0 Å². The first-order chi connectivity index (χ1) is 6.69. The van der Waals surface area contributed by atoms with Crippen LogP contribution in [0.1, 0.15) is 25.0 Å². The fourth-order valence-corrected chi connectivity index (χ4v) is 5.74. The maximum atomic E-state index is 3.66. The van der Waals surface area contributed by atoms with E-state index in [9.17, 15) is 0 Å². The van der Waals surface area contributed by atoms with E-state index in [1.54, 1.807) is 5.56 Å². The lowest BCUT2D eigenvalue weighted by Gasteiger charge is -1.92. The Morgan fingerprint density at radius 1 is 1.07 bits per heavy atom. The molecule has 0 amide bonds. The molecule has 0 saturated heterocycles. The molecule has 0 nitrogen and oxygen atoms in total. The van der Waals surface area contributed by atoms with Crippen molar-refractivity contribution >= 4 is 60.6 Å². The first kappa shape index (κ1) is 10.7. The molecule has 74 valence electrons. The molecule has 2 aromatic heterocycles. The number of halogens is 1. The molecule has 0 aliphatic rings. The van der Waals surface area contributed by atoms with E-state index in [4.69, 9.17) is 0 Å². The van der Waals surface area contributed by atoms with E-state index in [-0.39, 0.29) is 0 Å². The van der Waals surface area contributed by atoms with Crippen LogP contribution in [0.3, 0.4) is 0 Å². The van der Waals surface area contributed by atoms with Crippen molar-refractivity contribution in [3.05, 3.63) is 14.9 Å². The summed E-state index contributed by atoms with van der Waals surface area (Å²) in [4.78, 5) is 0. The molecule has 2 aromatic rings. The van der Waals surface area contributed by atoms with Gasteiger partial charge in [-0.15, -0.1) is 22.7 Å². The lowest BCUT2D eigenvalue weighted by atomic mass is 10.0. The van der Waals surface area contributed by atoms with Crippen molar-refractivity contribution in [3.8, 4) is 0 Å². The van der Waals surface area contributed by atoms with Gasteiger partial charge in [0.05, 0.1) is 3.79 Å². The summed E-state index contributed by atoms with van der Waals surface area (Å²) in [6, 6.07) is 0. The van der Waals surface area contributed by atoms with Crippen molar-refractivity contribution < 1.29 is 0 Å². The van der Waals surface area contributed by atoms with Gasteiger partial charge in [-0.2, -0.15) is 0 Å². The summed E-state index contributed by atoms with van der Waals surface area (Å²) in [5, 5.41) is 0. The van der Waals surface area contributed by atoms with Crippen LogP contribution >= 0.6 is 38.6 Å².